The van der Waals surface area contributed by atoms with Gasteiger partial charge in [-0.25, -0.2) is 4.98 Å². The van der Waals surface area contributed by atoms with Crippen molar-refractivity contribution in [1.29, 1.82) is 0 Å². The molecular weight excluding hydrogens is 386 g/mol. The summed E-state index contributed by atoms with van der Waals surface area (Å²) in [7, 11) is 0. The van der Waals surface area contributed by atoms with Crippen LogP contribution in [0.4, 0.5) is 5.82 Å². The number of nitrogens with zero attached hydrogens (tertiary/aromatic N) is 2. The second-order valence-electron chi connectivity index (χ2n) is 7.05. The van der Waals surface area contributed by atoms with Gasteiger partial charge < -0.3 is 20.5 Å². The number of hydrogen-bond acceptors (Lipinski definition) is 7. The number of nitrogens with one attached hydrogen (secondary N) is 3. The van der Waals surface area contributed by atoms with Gasteiger partial charge in [0.2, 0.25) is 5.91 Å². The van der Waals surface area contributed by atoms with E-state index in [9.17, 15) is 9.59 Å². The number of hydrogen-bond donors (Lipinski definition) is 4. The average molecular weight is 418 g/mol. The summed E-state index contributed by atoms with van der Waals surface area (Å²) in [6.45, 7) is 9.71. The molecule has 9 heteroatoms. The number of aliphatic carboxylic acids is 1. The molecule has 1 saturated heterocycles. The van der Waals surface area contributed by atoms with Crippen LogP contribution in [0.3, 0.4) is 0 Å². The highest BCUT2D eigenvalue weighted by atomic mass is 16.5. The molecule has 3 unspecified atom stereocenters. The molecule has 1 fully saturated rings. The van der Waals surface area contributed by atoms with Crippen molar-refractivity contribution in [3.63, 3.8) is 0 Å². The van der Waals surface area contributed by atoms with E-state index in [1.54, 1.807) is 12.3 Å². The van der Waals surface area contributed by atoms with Gasteiger partial charge >= 0.3 is 5.97 Å². The lowest BCUT2D eigenvalue weighted by atomic mass is 10.2. The number of carbonyl (C=O) groups is 2. The molecule has 1 aliphatic heterocycles. The van der Waals surface area contributed by atoms with Crippen LogP contribution < -0.4 is 16.0 Å². The van der Waals surface area contributed by atoms with Crippen LogP contribution in [0.1, 0.15) is 6.42 Å². The van der Waals surface area contributed by atoms with Gasteiger partial charge in [-0.1, -0.05) is 18.2 Å². The zero-order chi connectivity index (χ0) is 21.8. The fourth-order valence-electron chi connectivity index (χ4n) is 3.28. The summed E-state index contributed by atoms with van der Waals surface area (Å²) < 4.78 is 5.78. The third-order valence-corrected chi connectivity index (χ3v) is 4.80. The number of rotatable bonds is 14. The summed E-state index contributed by atoms with van der Waals surface area (Å²) >= 11 is 0. The lowest BCUT2D eigenvalue weighted by molar-refractivity contribution is -0.139. The molecule has 0 aromatic carbocycles. The second-order valence-corrected chi connectivity index (χ2v) is 7.05. The molecule has 2 heterocycles. The Bertz CT molecular complexity index is 700. The standard InChI is InChI=1S/C21H31N5O4/c1-3-8-22-18(21(28)29)13-25-20(27)15-30-17-11-16(26(14-17)10-4-2)12-24-19-7-5-6-9-23-19/h3-7,9,16-18,22H,1-2,8,10-15H2,(H,23,24)(H,25,27)(H,28,29). The largest absolute Gasteiger partial charge is 0.480 e. The van der Waals surface area contributed by atoms with Crippen molar-refractivity contribution in [1.82, 2.24) is 20.5 Å². The molecule has 30 heavy (non-hydrogen) atoms. The van der Waals surface area contributed by atoms with E-state index in [0.717, 1.165) is 18.8 Å². The van der Waals surface area contributed by atoms with Crippen LogP contribution in [0.15, 0.2) is 49.7 Å². The van der Waals surface area contributed by atoms with E-state index in [2.05, 4.69) is 39.0 Å². The number of ether oxygens (including phenoxy) is 1. The van der Waals surface area contributed by atoms with Gasteiger partial charge in [0, 0.05) is 45.0 Å². The minimum Gasteiger partial charge on any atom is -0.480 e. The molecule has 1 aromatic rings. The van der Waals surface area contributed by atoms with Crippen LogP contribution in [0, 0.1) is 0 Å². The third kappa shape index (κ3) is 7.94. The Morgan fingerprint density at radius 2 is 2.20 bits per heavy atom. The van der Waals surface area contributed by atoms with Gasteiger partial charge in [0.05, 0.1) is 6.10 Å². The van der Waals surface area contributed by atoms with Crippen LogP contribution in [-0.2, 0) is 14.3 Å². The number of anilines is 1. The first kappa shape index (κ1) is 23.5. The van der Waals surface area contributed by atoms with Crippen LogP contribution in [0.25, 0.3) is 0 Å². The minimum atomic E-state index is -1.03. The van der Waals surface area contributed by atoms with Crippen molar-refractivity contribution >= 4 is 17.7 Å². The Morgan fingerprint density at radius 1 is 1.37 bits per heavy atom. The number of amides is 1. The van der Waals surface area contributed by atoms with Gasteiger partial charge in [-0.2, -0.15) is 0 Å². The topological polar surface area (TPSA) is 116 Å². The number of likely N-dealkylation sites (tertiary alicyclic amines) is 1. The van der Waals surface area contributed by atoms with E-state index < -0.39 is 12.0 Å². The summed E-state index contributed by atoms with van der Waals surface area (Å²) in [5.41, 5.74) is 0. The number of carboxylic acids is 1. The Morgan fingerprint density at radius 3 is 2.87 bits per heavy atom. The molecule has 4 N–H and O–H groups in total. The highest BCUT2D eigenvalue weighted by molar-refractivity contribution is 5.79. The molecule has 9 nitrogen and oxygen atoms in total. The molecule has 2 rings (SSSR count). The van der Waals surface area contributed by atoms with Gasteiger partial charge in [-0.15, -0.1) is 13.2 Å². The molecule has 0 bridgehead atoms. The minimum absolute atomic E-state index is 0.0186. The molecule has 1 amide bonds. The number of carbonyl (C=O) groups excluding carboxylic acids is 1. The molecule has 1 aromatic heterocycles. The molecule has 3 atom stereocenters. The number of carboxylic acid groups (broad SMARTS) is 1. The van der Waals surface area contributed by atoms with E-state index in [1.165, 1.54) is 0 Å². The van der Waals surface area contributed by atoms with Crippen molar-refractivity contribution in [3.8, 4) is 0 Å². The Labute approximate surface area is 177 Å². The molecule has 0 spiro atoms. The fraction of sp³-hybridized carbons (Fsp3) is 0.476. The van der Waals surface area contributed by atoms with Crippen molar-refractivity contribution in [2.24, 2.45) is 0 Å². The maximum atomic E-state index is 12.1. The monoisotopic (exact) mass is 417 g/mol. The maximum absolute atomic E-state index is 12.1. The van der Waals surface area contributed by atoms with Crippen molar-refractivity contribution in [2.75, 3.05) is 44.6 Å². The maximum Gasteiger partial charge on any atom is 0.322 e. The van der Waals surface area contributed by atoms with Crippen LogP contribution in [0.5, 0.6) is 0 Å². The van der Waals surface area contributed by atoms with E-state index in [1.807, 2.05) is 24.3 Å². The van der Waals surface area contributed by atoms with Crippen molar-refractivity contribution in [2.45, 2.75) is 24.6 Å². The summed E-state index contributed by atoms with van der Waals surface area (Å²) in [5, 5.41) is 17.9. The quantitative estimate of drug-likeness (QED) is 0.323. The zero-order valence-corrected chi connectivity index (χ0v) is 17.1. The van der Waals surface area contributed by atoms with Gasteiger partial charge in [0.25, 0.3) is 0 Å². The van der Waals surface area contributed by atoms with E-state index in [4.69, 9.17) is 9.84 Å². The van der Waals surface area contributed by atoms with E-state index in [-0.39, 0.29) is 31.2 Å². The molecule has 0 saturated carbocycles. The van der Waals surface area contributed by atoms with Gasteiger partial charge in [-0.05, 0) is 18.6 Å². The first-order chi connectivity index (χ1) is 14.5. The van der Waals surface area contributed by atoms with E-state index in [0.29, 0.717) is 19.6 Å². The fourth-order valence-corrected chi connectivity index (χ4v) is 3.28. The predicted octanol–water partition coefficient (Wildman–Crippen LogP) is 0.484. The van der Waals surface area contributed by atoms with Crippen LogP contribution in [-0.4, -0.2) is 84.4 Å². The summed E-state index contributed by atoms with van der Waals surface area (Å²) in [6, 6.07) is 5.08. The smallest absolute Gasteiger partial charge is 0.322 e. The first-order valence-electron chi connectivity index (χ1n) is 9.98. The molecule has 164 valence electrons. The van der Waals surface area contributed by atoms with Crippen molar-refractivity contribution in [3.05, 3.63) is 49.7 Å². The average Bonchev–Trinajstić information content (AvgIpc) is 3.13. The molecule has 0 radical (unpaired) electrons. The number of pyridine rings is 1. The highest BCUT2D eigenvalue weighted by Gasteiger charge is 2.32. The lowest BCUT2D eigenvalue weighted by Gasteiger charge is -2.22. The third-order valence-electron chi connectivity index (χ3n) is 4.80. The lowest BCUT2D eigenvalue weighted by Crippen LogP contribution is -2.47. The zero-order valence-electron chi connectivity index (χ0n) is 17.1. The SMILES string of the molecule is C=CCNC(CNC(=O)COC1CC(CNc2ccccn2)N(CC=C)C1)C(=O)O. The number of aromatic nitrogens is 1. The second kappa shape index (κ2) is 12.7. The highest BCUT2D eigenvalue weighted by Crippen LogP contribution is 2.20. The predicted molar refractivity (Wildman–Crippen MR) is 115 cm³/mol. The van der Waals surface area contributed by atoms with Crippen molar-refractivity contribution < 1.29 is 19.4 Å². The Hall–Kier alpha value is -2.75. The Balaban J connectivity index is 1.76. The normalized spacial score (nSPS) is 19.7. The molecule has 1 aliphatic rings. The molecular formula is C21H31N5O4. The van der Waals surface area contributed by atoms with E-state index >= 15 is 0 Å². The summed E-state index contributed by atoms with van der Waals surface area (Å²) in [5.74, 6) is -0.554. The molecule has 0 aliphatic carbocycles. The summed E-state index contributed by atoms with van der Waals surface area (Å²) in [4.78, 5) is 29.8. The van der Waals surface area contributed by atoms with Gasteiger partial charge in [-0.3, -0.25) is 19.8 Å². The van der Waals surface area contributed by atoms with Crippen LogP contribution in [0.2, 0.25) is 0 Å². The van der Waals surface area contributed by atoms with Gasteiger partial charge in [0.15, 0.2) is 0 Å². The Kier molecular flexibility index (Phi) is 9.99. The first-order valence-corrected chi connectivity index (χ1v) is 9.98. The van der Waals surface area contributed by atoms with Gasteiger partial charge in [0.1, 0.15) is 18.5 Å². The van der Waals surface area contributed by atoms with Crippen LogP contribution >= 0.6 is 0 Å². The summed E-state index contributed by atoms with van der Waals surface area (Å²) in [6.07, 6.45) is 5.85.